The Morgan fingerprint density at radius 3 is 3.04 bits per heavy atom. The van der Waals surface area contributed by atoms with Crippen molar-refractivity contribution < 1.29 is 14.3 Å². The van der Waals surface area contributed by atoms with Crippen LogP contribution in [0.25, 0.3) is 0 Å². The summed E-state index contributed by atoms with van der Waals surface area (Å²) in [6, 6.07) is 9.28. The van der Waals surface area contributed by atoms with Gasteiger partial charge in [-0.2, -0.15) is 0 Å². The second kappa shape index (κ2) is 8.13. The first-order valence-electron chi connectivity index (χ1n) is 7.52. The van der Waals surface area contributed by atoms with Crippen LogP contribution in [0, 0.1) is 3.57 Å². The molecule has 0 N–H and O–H groups in total. The predicted octanol–water partition coefficient (Wildman–Crippen LogP) is 3.26. The Labute approximate surface area is 159 Å². The average molecular weight is 459 g/mol. The first kappa shape index (κ1) is 17.4. The third kappa shape index (κ3) is 4.37. The maximum atomic E-state index is 12.7. The zero-order chi connectivity index (χ0) is 16.9. The van der Waals surface area contributed by atoms with Gasteiger partial charge < -0.3 is 14.4 Å². The fourth-order valence-electron chi connectivity index (χ4n) is 2.47. The van der Waals surface area contributed by atoms with Gasteiger partial charge in [-0.1, -0.05) is 23.7 Å². The second-order valence-corrected chi connectivity index (χ2v) is 6.97. The Kier molecular flexibility index (Phi) is 5.91. The summed E-state index contributed by atoms with van der Waals surface area (Å²) in [6.45, 7) is 1.92. The van der Waals surface area contributed by atoms with E-state index < -0.39 is 0 Å². The number of ether oxygens (including phenoxy) is 2. The number of hydrogen-bond acceptors (Lipinski definition) is 4. The monoisotopic (exact) mass is 458 g/mol. The highest BCUT2D eigenvalue weighted by atomic mass is 127. The van der Waals surface area contributed by atoms with E-state index in [-0.39, 0.29) is 12.0 Å². The molecule has 5 nitrogen and oxygen atoms in total. The zero-order valence-corrected chi connectivity index (χ0v) is 15.7. The van der Waals surface area contributed by atoms with E-state index in [1.165, 1.54) is 0 Å². The van der Waals surface area contributed by atoms with Crippen LogP contribution in [0.1, 0.15) is 10.4 Å². The lowest BCUT2D eigenvalue weighted by Crippen LogP contribution is -2.47. The Balaban J connectivity index is 1.60. The number of halogens is 2. The molecule has 1 aromatic carbocycles. The van der Waals surface area contributed by atoms with E-state index in [1.807, 2.05) is 29.2 Å². The molecule has 1 aromatic heterocycles. The van der Waals surface area contributed by atoms with Crippen molar-refractivity contribution in [1.29, 1.82) is 0 Å². The van der Waals surface area contributed by atoms with E-state index >= 15 is 0 Å². The molecule has 1 unspecified atom stereocenters. The third-order valence-electron chi connectivity index (χ3n) is 3.65. The number of morpholine rings is 1. The molecule has 126 valence electrons. The fraction of sp³-hybridized carbons (Fsp3) is 0.294. The molecule has 2 heterocycles. The molecule has 1 aliphatic heterocycles. The minimum Gasteiger partial charge on any atom is -0.489 e. The van der Waals surface area contributed by atoms with Crippen molar-refractivity contribution >= 4 is 40.1 Å². The molecule has 3 rings (SSSR count). The second-order valence-electron chi connectivity index (χ2n) is 5.37. The summed E-state index contributed by atoms with van der Waals surface area (Å²) in [5.74, 6) is 0.616. The molecule has 0 spiro atoms. The third-order valence-corrected chi connectivity index (χ3v) is 4.79. The number of benzene rings is 1. The van der Waals surface area contributed by atoms with Crippen LogP contribution in [-0.2, 0) is 4.74 Å². The molecule has 1 aliphatic rings. The molecular weight excluding hydrogens is 443 g/mol. The summed E-state index contributed by atoms with van der Waals surface area (Å²) in [5, 5.41) is 0.521. The molecule has 24 heavy (non-hydrogen) atoms. The zero-order valence-electron chi connectivity index (χ0n) is 12.8. The van der Waals surface area contributed by atoms with E-state index in [1.54, 1.807) is 18.5 Å². The lowest BCUT2D eigenvalue weighted by molar-refractivity contribution is -0.0401. The smallest absolute Gasteiger partial charge is 0.255 e. The molecule has 1 saturated heterocycles. The van der Waals surface area contributed by atoms with Crippen LogP contribution in [0.2, 0.25) is 5.02 Å². The van der Waals surface area contributed by atoms with E-state index in [2.05, 4.69) is 27.6 Å². The van der Waals surface area contributed by atoms with E-state index in [4.69, 9.17) is 21.1 Å². The normalized spacial score (nSPS) is 17.6. The number of carbonyl (C=O) groups is 1. The van der Waals surface area contributed by atoms with Crippen molar-refractivity contribution in [3.8, 4) is 5.75 Å². The highest BCUT2D eigenvalue weighted by Gasteiger charge is 2.26. The summed E-state index contributed by atoms with van der Waals surface area (Å²) < 4.78 is 12.3. The Hall–Kier alpha value is -1.38. The number of aromatic nitrogens is 1. The molecule has 0 bridgehead atoms. The van der Waals surface area contributed by atoms with Crippen LogP contribution in [0.15, 0.2) is 42.7 Å². The van der Waals surface area contributed by atoms with Crippen LogP contribution in [0.5, 0.6) is 5.75 Å². The minimum absolute atomic E-state index is 0.0257. The Morgan fingerprint density at radius 2 is 2.25 bits per heavy atom. The maximum Gasteiger partial charge on any atom is 0.255 e. The van der Waals surface area contributed by atoms with Gasteiger partial charge in [-0.05, 0) is 34.7 Å². The summed E-state index contributed by atoms with van der Waals surface area (Å²) in [7, 11) is 0. The summed E-state index contributed by atoms with van der Waals surface area (Å²) in [4.78, 5) is 18.5. The van der Waals surface area contributed by atoms with E-state index in [0.717, 1.165) is 9.13 Å². The molecule has 0 aliphatic carbocycles. The van der Waals surface area contributed by atoms with Gasteiger partial charge in [-0.3, -0.25) is 9.78 Å². The lowest BCUT2D eigenvalue weighted by Gasteiger charge is -2.33. The number of amides is 1. The topological polar surface area (TPSA) is 51.7 Å². The summed E-state index contributed by atoms with van der Waals surface area (Å²) >= 11 is 8.07. The van der Waals surface area contributed by atoms with Crippen LogP contribution in [-0.4, -0.2) is 48.2 Å². The highest BCUT2D eigenvalue weighted by molar-refractivity contribution is 14.1. The summed E-state index contributed by atoms with van der Waals surface area (Å²) in [5.41, 5.74) is 0.721. The summed E-state index contributed by atoms with van der Waals surface area (Å²) in [6.07, 6.45) is 2.97. The van der Waals surface area contributed by atoms with Crippen LogP contribution >= 0.6 is 34.2 Å². The average Bonchev–Trinajstić information content (AvgIpc) is 2.60. The standard InChI is InChI=1S/C17H16ClIN2O3/c18-12-7-13(9-20-8-12)24-11-14-10-21(5-6-23-14)17(22)15-3-1-2-4-16(15)19/h1-4,7-9,14H,5-6,10-11H2. The van der Waals surface area contributed by atoms with Crippen molar-refractivity contribution in [2.45, 2.75) is 6.10 Å². The molecule has 7 heteroatoms. The predicted molar refractivity (Wildman–Crippen MR) is 99.5 cm³/mol. The number of nitrogens with zero attached hydrogens (tertiary/aromatic N) is 2. The fourth-order valence-corrected chi connectivity index (χ4v) is 3.25. The van der Waals surface area contributed by atoms with Gasteiger partial charge in [-0.15, -0.1) is 0 Å². The molecule has 0 saturated carbocycles. The molecule has 1 fully saturated rings. The van der Waals surface area contributed by atoms with Crippen LogP contribution in [0.4, 0.5) is 0 Å². The molecule has 2 aromatic rings. The molecule has 1 amide bonds. The maximum absolute atomic E-state index is 12.7. The van der Waals surface area contributed by atoms with Crippen molar-refractivity contribution in [2.24, 2.45) is 0 Å². The van der Waals surface area contributed by atoms with Crippen LogP contribution in [0.3, 0.4) is 0 Å². The minimum atomic E-state index is -0.178. The lowest BCUT2D eigenvalue weighted by atomic mass is 10.2. The van der Waals surface area contributed by atoms with Gasteiger partial charge >= 0.3 is 0 Å². The van der Waals surface area contributed by atoms with Gasteiger partial charge in [0.15, 0.2) is 0 Å². The SMILES string of the molecule is O=C(c1ccccc1I)N1CCOC(COc2cncc(Cl)c2)C1. The molecular formula is C17H16ClIN2O3. The quantitative estimate of drug-likeness (QED) is 0.660. The van der Waals surface area contributed by atoms with Gasteiger partial charge in [-0.25, -0.2) is 0 Å². The van der Waals surface area contributed by atoms with Gasteiger partial charge in [0.25, 0.3) is 5.91 Å². The van der Waals surface area contributed by atoms with Gasteiger partial charge in [0.2, 0.25) is 0 Å². The van der Waals surface area contributed by atoms with Crippen LogP contribution < -0.4 is 4.74 Å². The van der Waals surface area contributed by atoms with Crippen molar-refractivity contribution in [3.05, 3.63) is 56.9 Å². The van der Waals surface area contributed by atoms with Crippen molar-refractivity contribution in [3.63, 3.8) is 0 Å². The number of pyridine rings is 1. The Bertz CT molecular complexity index is 728. The number of carbonyl (C=O) groups excluding carboxylic acids is 1. The highest BCUT2D eigenvalue weighted by Crippen LogP contribution is 2.18. The van der Waals surface area contributed by atoms with Gasteiger partial charge in [0, 0.05) is 22.4 Å². The molecule has 0 radical (unpaired) electrons. The molecule has 1 atom stereocenters. The Morgan fingerprint density at radius 1 is 1.42 bits per heavy atom. The van der Waals surface area contributed by atoms with Gasteiger partial charge in [0.05, 0.1) is 29.9 Å². The van der Waals surface area contributed by atoms with Gasteiger partial charge in [0.1, 0.15) is 18.5 Å². The first-order valence-corrected chi connectivity index (χ1v) is 8.98. The first-order chi connectivity index (χ1) is 11.6. The van der Waals surface area contributed by atoms with Crippen molar-refractivity contribution in [2.75, 3.05) is 26.3 Å². The largest absolute Gasteiger partial charge is 0.489 e. The van der Waals surface area contributed by atoms with Crippen molar-refractivity contribution in [1.82, 2.24) is 9.88 Å². The number of hydrogen-bond donors (Lipinski definition) is 0. The van der Waals surface area contributed by atoms with E-state index in [0.29, 0.717) is 37.1 Å². The van der Waals surface area contributed by atoms with E-state index in [9.17, 15) is 4.79 Å². The number of rotatable bonds is 4.